The molecule has 3 aromatic rings. The highest BCUT2D eigenvalue weighted by atomic mass is 16.1. The summed E-state index contributed by atoms with van der Waals surface area (Å²) in [4.78, 5) is 17.1. The molecule has 0 aliphatic carbocycles. The normalized spacial score (nSPS) is 10.8. The summed E-state index contributed by atoms with van der Waals surface area (Å²) in [5, 5.41) is 6.35. The van der Waals surface area contributed by atoms with Crippen molar-refractivity contribution in [3.8, 4) is 0 Å². The zero-order valence-electron chi connectivity index (χ0n) is 15.0. The van der Waals surface area contributed by atoms with Gasteiger partial charge < -0.3 is 10.6 Å². The van der Waals surface area contributed by atoms with Crippen LogP contribution < -0.4 is 10.6 Å². The Kier molecular flexibility index (Phi) is 5.64. The van der Waals surface area contributed by atoms with Crippen LogP contribution in [0.3, 0.4) is 0 Å². The third-order valence-electron chi connectivity index (χ3n) is 4.00. The van der Waals surface area contributed by atoms with E-state index in [1.54, 1.807) is 12.3 Å². The standard InChI is InChI=1S/C22H23N3O/c1-16(2)24-20-14-13-19(15-23-20)22(26)25-21(17-9-5-3-6-10-17)18-11-7-4-8-12-18/h3-16,21H,1-2H3,(H,23,24)(H,25,26). The number of anilines is 1. The van der Waals surface area contributed by atoms with Crippen LogP contribution in [0.25, 0.3) is 0 Å². The topological polar surface area (TPSA) is 54.0 Å². The van der Waals surface area contributed by atoms with Gasteiger partial charge in [0.25, 0.3) is 5.91 Å². The number of benzene rings is 2. The van der Waals surface area contributed by atoms with Gasteiger partial charge in [-0.25, -0.2) is 4.98 Å². The first-order valence-electron chi connectivity index (χ1n) is 8.77. The van der Waals surface area contributed by atoms with Gasteiger partial charge in [-0.15, -0.1) is 0 Å². The van der Waals surface area contributed by atoms with E-state index in [0.29, 0.717) is 11.6 Å². The SMILES string of the molecule is CC(C)Nc1ccc(C(=O)NC(c2ccccc2)c2ccccc2)cn1. The second-order valence-corrected chi connectivity index (χ2v) is 6.46. The van der Waals surface area contributed by atoms with Gasteiger partial charge in [0.2, 0.25) is 0 Å². The fourth-order valence-corrected chi connectivity index (χ4v) is 2.77. The van der Waals surface area contributed by atoms with Crippen molar-refractivity contribution in [1.29, 1.82) is 0 Å². The predicted octanol–water partition coefficient (Wildman–Crippen LogP) is 4.42. The van der Waals surface area contributed by atoms with Crippen molar-refractivity contribution in [2.45, 2.75) is 25.9 Å². The van der Waals surface area contributed by atoms with Crippen molar-refractivity contribution in [2.24, 2.45) is 0 Å². The van der Waals surface area contributed by atoms with Gasteiger partial charge in [-0.2, -0.15) is 0 Å². The summed E-state index contributed by atoms with van der Waals surface area (Å²) in [5.41, 5.74) is 2.62. The lowest BCUT2D eigenvalue weighted by molar-refractivity contribution is 0.0942. The molecule has 0 saturated carbocycles. The van der Waals surface area contributed by atoms with Gasteiger partial charge in [-0.3, -0.25) is 4.79 Å². The highest BCUT2D eigenvalue weighted by Gasteiger charge is 2.17. The molecule has 0 spiro atoms. The number of carbonyl (C=O) groups is 1. The largest absolute Gasteiger partial charge is 0.368 e. The van der Waals surface area contributed by atoms with Crippen LogP contribution in [0.5, 0.6) is 0 Å². The maximum absolute atomic E-state index is 12.8. The van der Waals surface area contributed by atoms with Gasteiger partial charge in [0.1, 0.15) is 5.82 Å². The maximum atomic E-state index is 12.8. The number of rotatable bonds is 6. The molecule has 2 aromatic carbocycles. The van der Waals surface area contributed by atoms with Crippen LogP contribution in [0.2, 0.25) is 0 Å². The third kappa shape index (κ3) is 4.48. The van der Waals surface area contributed by atoms with Gasteiger partial charge >= 0.3 is 0 Å². The number of nitrogens with zero attached hydrogens (tertiary/aromatic N) is 1. The minimum atomic E-state index is -0.210. The van der Waals surface area contributed by atoms with E-state index in [1.807, 2.05) is 80.6 Å². The molecule has 0 radical (unpaired) electrons. The second-order valence-electron chi connectivity index (χ2n) is 6.46. The zero-order valence-corrected chi connectivity index (χ0v) is 15.0. The zero-order chi connectivity index (χ0) is 18.4. The molecular weight excluding hydrogens is 322 g/mol. The van der Waals surface area contributed by atoms with Crippen LogP contribution >= 0.6 is 0 Å². The van der Waals surface area contributed by atoms with Crippen LogP contribution in [0, 0.1) is 0 Å². The first-order valence-corrected chi connectivity index (χ1v) is 8.77. The lowest BCUT2D eigenvalue weighted by Gasteiger charge is -2.20. The van der Waals surface area contributed by atoms with Gasteiger partial charge in [0.15, 0.2) is 0 Å². The Balaban J connectivity index is 1.81. The lowest BCUT2D eigenvalue weighted by Crippen LogP contribution is -2.29. The van der Waals surface area contributed by atoms with Crippen molar-refractivity contribution in [3.05, 3.63) is 95.7 Å². The fourth-order valence-electron chi connectivity index (χ4n) is 2.77. The molecular formula is C22H23N3O. The summed E-state index contributed by atoms with van der Waals surface area (Å²) in [6.07, 6.45) is 1.60. The highest BCUT2D eigenvalue weighted by Crippen LogP contribution is 2.22. The molecule has 1 aromatic heterocycles. The van der Waals surface area contributed by atoms with Crippen molar-refractivity contribution in [3.63, 3.8) is 0 Å². The molecule has 3 rings (SSSR count). The van der Waals surface area contributed by atoms with E-state index in [0.717, 1.165) is 16.9 Å². The van der Waals surface area contributed by atoms with E-state index in [4.69, 9.17) is 0 Å². The molecule has 0 aliphatic heterocycles. The van der Waals surface area contributed by atoms with E-state index in [-0.39, 0.29) is 11.9 Å². The molecule has 132 valence electrons. The lowest BCUT2D eigenvalue weighted by atomic mass is 9.98. The molecule has 2 N–H and O–H groups in total. The van der Waals surface area contributed by atoms with E-state index >= 15 is 0 Å². The molecule has 1 heterocycles. The number of hydrogen-bond donors (Lipinski definition) is 2. The molecule has 4 nitrogen and oxygen atoms in total. The molecule has 0 unspecified atom stereocenters. The number of pyridine rings is 1. The Labute approximate surface area is 154 Å². The number of carbonyl (C=O) groups excluding carboxylic acids is 1. The van der Waals surface area contributed by atoms with E-state index in [1.165, 1.54) is 0 Å². The summed E-state index contributed by atoms with van der Waals surface area (Å²) < 4.78 is 0. The van der Waals surface area contributed by atoms with Crippen LogP contribution in [0.4, 0.5) is 5.82 Å². The number of amides is 1. The molecule has 4 heteroatoms. The molecule has 0 atom stereocenters. The number of nitrogens with one attached hydrogen (secondary N) is 2. The van der Waals surface area contributed by atoms with Crippen LogP contribution in [0.15, 0.2) is 79.0 Å². The summed E-state index contributed by atoms with van der Waals surface area (Å²) in [7, 11) is 0. The van der Waals surface area contributed by atoms with Gasteiger partial charge in [-0.1, -0.05) is 60.7 Å². The van der Waals surface area contributed by atoms with Crippen molar-refractivity contribution in [2.75, 3.05) is 5.32 Å². The Morgan fingerprint density at radius 1 is 0.846 bits per heavy atom. The highest BCUT2D eigenvalue weighted by molar-refractivity contribution is 5.94. The van der Waals surface area contributed by atoms with Crippen molar-refractivity contribution >= 4 is 11.7 Å². The minimum absolute atomic E-state index is 0.147. The maximum Gasteiger partial charge on any atom is 0.253 e. The smallest absolute Gasteiger partial charge is 0.253 e. The Morgan fingerprint density at radius 2 is 1.42 bits per heavy atom. The van der Waals surface area contributed by atoms with E-state index in [2.05, 4.69) is 15.6 Å². The molecule has 0 fully saturated rings. The average molecular weight is 345 g/mol. The molecule has 1 amide bonds. The predicted molar refractivity (Wildman–Crippen MR) is 105 cm³/mol. The van der Waals surface area contributed by atoms with Crippen molar-refractivity contribution < 1.29 is 4.79 Å². The monoisotopic (exact) mass is 345 g/mol. The summed E-state index contributed by atoms with van der Waals surface area (Å²) in [6.45, 7) is 4.10. The van der Waals surface area contributed by atoms with Gasteiger partial charge in [-0.05, 0) is 37.1 Å². The average Bonchev–Trinajstić information content (AvgIpc) is 2.67. The minimum Gasteiger partial charge on any atom is -0.368 e. The van der Waals surface area contributed by atoms with Crippen LogP contribution in [0.1, 0.15) is 41.4 Å². The quantitative estimate of drug-likeness (QED) is 0.695. The van der Waals surface area contributed by atoms with E-state index in [9.17, 15) is 4.79 Å². The van der Waals surface area contributed by atoms with Crippen molar-refractivity contribution in [1.82, 2.24) is 10.3 Å². The van der Waals surface area contributed by atoms with Gasteiger partial charge in [0.05, 0.1) is 11.6 Å². The first-order chi connectivity index (χ1) is 12.6. The number of hydrogen-bond acceptors (Lipinski definition) is 3. The van der Waals surface area contributed by atoms with Gasteiger partial charge in [0, 0.05) is 12.2 Å². The Morgan fingerprint density at radius 3 is 1.88 bits per heavy atom. The second kappa shape index (κ2) is 8.30. The van der Waals surface area contributed by atoms with E-state index < -0.39 is 0 Å². The third-order valence-corrected chi connectivity index (χ3v) is 4.00. The molecule has 0 bridgehead atoms. The Hall–Kier alpha value is -3.14. The molecule has 0 aliphatic rings. The first kappa shape index (κ1) is 17.7. The summed E-state index contributed by atoms with van der Waals surface area (Å²) in [5.74, 6) is 0.616. The Bertz CT molecular complexity index is 791. The number of aromatic nitrogens is 1. The molecule has 0 saturated heterocycles. The van der Waals surface area contributed by atoms with Crippen LogP contribution in [-0.2, 0) is 0 Å². The summed E-state index contributed by atoms with van der Waals surface area (Å²) >= 11 is 0. The summed E-state index contributed by atoms with van der Waals surface area (Å²) in [6, 6.07) is 23.6. The molecule has 26 heavy (non-hydrogen) atoms. The fraction of sp³-hybridized carbons (Fsp3) is 0.182. The van der Waals surface area contributed by atoms with Crippen LogP contribution in [-0.4, -0.2) is 16.9 Å².